The molecule has 0 N–H and O–H groups in total. The van der Waals surface area contributed by atoms with Crippen LogP contribution in [0.15, 0.2) is 60.7 Å². The van der Waals surface area contributed by atoms with Crippen LogP contribution in [0.1, 0.15) is 35.2 Å². The first-order valence-electron chi connectivity index (χ1n) is 8.17. The van der Waals surface area contributed by atoms with Gasteiger partial charge in [0.15, 0.2) is 5.78 Å². The Bertz CT molecular complexity index is 667. The minimum absolute atomic E-state index is 0.0276. The molecule has 3 heteroatoms. The molecule has 1 amide bonds. The highest BCUT2D eigenvalue weighted by molar-refractivity contribution is 6.10. The van der Waals surface area contributed by atoms with Crippen molar-refractivity contribution in [1.82, 2.24) is 4.90 Å². The number of Topliss-reactive ketones (excluding diaryl/α,β-unsaturated/α-hetero) is 1. The molecule has 1 fully saturated rings. The Balaban J connectivity index is 1.78. The van der Waals surface area contributed by atoms with Crippen LogP contribution < -0.4 is 0 Å². The van der Waals surface area contributed by atoms with E-state index in [0.29, 0.717) is 18.5 Å². The van der Waals surface area contributed by atoms with Crippen LogP contribution in [-0.4, -0.2) is 23.1 Å². The zero-order chi connectivity index (χ0) is 16.1. The molecule has 0 aromatic heterocycles. The van der Waals surface area contributed by atoms with Gasteiger partial charge in [0, 0.05) is 18.7 Å². The first-order chi connectivity index (χ1) is 11.3. The zero-order valence-electron chi connectivity index (χ0n) is 13.2. The highest BCUT2D eigenvalue weighted by Crippen LogP contribution is 2.23. The first kappa shape index (κ1) is 15.5. The number of ketones is 1. The van der Waals surface area contributed by atoms with Crippen LogP contribution in [0.3, 0.4) is 0 Å². The third-order valence-electron chi connectivity index (χ3n) is 4.37. The van der Waals surface area contributed by atoms with Gasteiger partial charge in [-0.25, -0.2) is 0 Å². The number of likely N-dealkylation sites (tertiary alicyclic amines) is 1. The lowest BCUT2D eigenvalue weighted by Crippen LogP contribution is -2.37. The topological polar surface area (TPSA) is 37.4 Å². The van der Waals surface area contributed by atoms with Gasteiger partial charge in [-0.2, -0.15) is 0 Å². The van der Waals surface area contributed by atoms with Gasteiger partial charge in [-0.3, -0.25) is 9.59 Å². The Morgan fingerprint density at radius 1 is 0.957 bits per heavy atom. The van der Waals surface area contributed by atoms with E-state index in [2.05, 4.69) is 0 Å². The summed E-state index contributed by atoms with van der Waals surface area (Å²) in [4.78, 5) is 27.4. The Morgan fingerprint density at radius 3 is 2.30 bits per heavy atom. The fourth-order valence-electron chi connectivity index (χ4n) is 3.11. The standard InChI is InChI=1S/C20H21NO2/c22-19(17-11-5-2-6-12-17)18-13-7-8-14-21(20(18)23)15-16-9-3-1-4-10-16/h1-6,9-12,18H,7-8,13-15H2. The molecule has 0 aliphatic carbocycles. The minimum Gasteiger partial charge on any atom is -0.338 e. The number of carbonyl (C=O) groups is 2. The summed E-state index contributed by atoms with van der Waals surface area (Å²) in [6, 6.07) is 19.1. The Morgan fingerprint density at radius 2 is 1.61 bits per heavy atom. The summed E-state index contributed by atoms with van der Waals surface area (Å²) < 4.78 is 0. The maximum absolute atomic E-state index is 12.9. The maximum atomic E-state index is 12.9. The summed E-state index contributed by atoms with van der Waals surface area (Å²) in [6.07, 6.45) is 2.52. The number of nitrogens with zero attached hydrogens (tertiary/aromatic N) is 1. The van der Waals surface area contributed by atoms with Gasteiger partial charge in [0.25, 0.3) is 0 Å². The molecule has 0 bridgehead atoms. The lowest BCUT2D eigenvalue weighted by Gasteiger charge is -2.24. The molecular weight excluding hydrogens is 286 g/mol. The minimum atomic E-state index is -0.538. The van der Waals surface area contributed by atoms with Crippen molar-refractivity contribution in [2.24, 2.45) is 5.92 Å². The van der Waals surface area contributed by atoms with Gasteiger partial charge < -0.3 is 4.90 Å². The molecule has 1 saturated heterocycles. The van der Waals surface area contributed by atoms with Gasteiger partial charge in [0.1, 0.15) is 5.92 Å². The van der Waals surface area contributed by atoms with Crippen LogP contribution in [0.5, 0.6) is 0 Å². The van der Waals surface area contributed by atoms with E-state index in [1.807, 2.05) is 53.4 Å². The number of hydrogen-bond acceptors (Lipinski definition) is 2. The second kappa shape index (κ2) is 7.23. The number of rotatable bonds is 4. The van der Waals surface area contributed by atoms with E-state index in [4.69, 9.17) is 0 Å². The summed E-state index contributed by atoms with van der Waals surface area (Å²) in [5.41, 5.74) is 1.74. The van der Waals surface area contributed by atoms with Gasteiger partial charge >= 0.3 is 0 Å². The van der Waals surface area contributed by atoms with E-state index in [0.717, 1.165) is 24.9 Å². The van der Waals surface area contributed by atoms with E-state index in [1.54, 1.807) is 12.1 Å². The molecule has 0 saturated carbocycles. The number of benzene rings is 2. The number of amides is 1. The molecule has 0 spiro atoms. The SMILES string of the molecule is O=C(c1ccccc1)C1CCCCN(Cc2ccccc2)C1=O. The second-order valence-electron chi connectivity index (χ2n) is 6.02. The third kappa shape index (κ3) is 3.67. The largest absolute Gasteiger partial charge is 0.338 e. The molecule has 3 rings (SSSR count). The lowest BCUT2D eigenvalue weighted by molar-refractivity contribution is -0.134. The first-order valence-corrected chi connectivity index (χ1v) is 8.17. The zero-order valence-corrected chi connectivity index (χ0v) is 13.2. The predicted molar refractivity (Wildman–Crippen MR) is 90.0 cm³/mol. The van der Waals surface area contributed by atoms with Crippen molar-refractivity contribution in [2.75, 3.05) is 6.54 Å². The second-order valence-corrected chi connectivity index (χ2v) is 6.02. The summed E-state index contributed by atoms with van der Waals surface area (Å²) in [5, 5.41) is 0. The molecule has 0 radical (unpaired) electrons. The smallest absolute Gasteiger partial charge is 0.233 e. The van der Waals surface area contributed by atoms with Gasteiger partial charge in [-0.15, -0.1) is 0 Å². The molecule has 2 aromatic rings. The van der Waals surface area contributed by atoms with E-state index in [1.165, 1.54) is 0 Å². The van der Waals surface area contributed by atoms with E-state index >= 15 is 0 Å². The van der Waals surface area contributed by atoms with Crippen LogP contribution in [0.25, 0.3) is 0 Å². The molecular formula is C20H21NO2. The summed E-state index contributed by atoms with van der Waals surface area (Å²) in [6.45, 7) is 1.31. The third-order valence-corrected chi connectivity index (χ3v) is 4.37. The number of hydrogen-bond donors (Lipinski definition) is 0. The molecule has 1 aliphatic rings. The van der Waals surface area contributed by atoms with Crippen LogP contribution in [0, 0.1) is 5.92 Å². The molecule has 118 valence electrons. The fraction of sp³-hybridized carbons (Fsp3) is 0.300. The molecule has 1 unspecified atom stereocenters. The van der Waals surface area contributed by atoms with Crippen molar-refractivity contribution in [3.05, 3.63) is 71.8 Å². The maximum Gasteiger partial charge on any atom is 0.233 e. The molecule has 23 heavy (non-hydrogen) atoms. The molecule has 1 atom stereocenters. The van der Waals surface area contributed by atoms with Gasteiger partial charge in [-0.1, -0.05) is 67.1 Å². The molecule has 1 aliphatic heterocycles. The van der Waals surface area contributed by atoms with Crippen molar-refractivity contribution >= 4 is 11.7 Å². The highest BCUT2D eigenvalue weighted by atomic mass is 16.2. The average Bonchev–Trinajstić information content (AvgIpc) is 2.78. The summed E-state index contributed by atoms with van der Waals surface area (Å²) in [5.74, 6) is -0.612. The van der Waals surface area contributed by atoms with Crippen molar-refractivity contribution in [1.29, 1.82) is 0 Å². The van der Waals surface area contributed by atoms with Crippen LogP contribution in [0.4, 0.5) is 0 Å². The van der Waals surface area contributed by atoms with Gasteiger partial charge in [0.05, 0.1) is 0 Å². The molecule has 2 aromatic carbocycles. The number of carbonyl (C=O) groups excluding carboxylic acids is 2. The Labute approximate surface area is 136 Å². The van der Waals surface area contributed by atoms with E-state index in [9.17, 15) is 9.59 Å². The molecule has 1 heterocycles. The Kier molecular flexibility index (Phi) is 4.86. The van der Waals surface area contributed by atoms with Crippen molar-refractivity contribution in [3.8, 4) is 0 Å². The van der Waals surface area contributed by atoms with Crippen LogP contribution >= 0.6 is 0 Å². The van der Waals surface area contributed by atoms with Gasteiger partial charge in [-0.05, 0) is 18.4 Å². The van der Waals surface area contributed by atoms with Crippen molar-refractivity contribution < 1.29 is 9.59 Å². The quantitative estimate of drug-likeness (QED) is 0.638. The van der Waals surface area contributed by atoms with E-state index < -0.39 is 5.92 Å². The monoisotopic (exact) mass is 307 g/mol. The van der Waals surface area contributed by atoms with Crippen molar-refractivity contribution in [2.45, 2.75) is 25.8 Å². The summed E-state index contributed by atoms with van der Waals surface area (Å²) in [7, 11) is 0. The highest BCUT2D eigenvalue weighted by Gasteiger charge is 2.32. The lowest BCUT2D eigenvalue weighted by atomic mass is 9.92. The van der Waals surface area contributed by atoms with E-state index in [-0.39, 0.29) is 11.7 Å². The average molecular weight is 307 g/mol. The van der Waals surface area contributed by atoms with Crippen molar-refractivity contribution in [3.63, 3.8) is 0 Å². The molecule has 3 nitrogen and oxygen atoms in total. The summed E-state index contributed by atoms with van der Waals surface area (Å²) >= 11 is 0. The fourth-order valence-corrected chi connectivity index (χ4v) is 3.11. The van der Waals surface area contributed by atoms with Gasteiger partial charge in [0.2, 0.25) is 5.91 Å². The predicted octanol–water partition coefficient (Wildman–Crippen LogP) is 3.70. The van der Waals surface area contributed by atoms with Crippen LogP contribution in [-0.2, 0) is 11.3 Å². The van der Waals surface area contributed by atoms with Crippen LogP contribution in [0.2, 0.25) is 0 Å². The Hall–Kier alpha value is -2.42. The normalized spacial score (nSPS) is 18.5.